The van der Waals surface area contributed by atoms with E-state index in [1.165, 1.54) is 0 Å². The highest BCUT2D eigenvalue weighted by atomic mass is 16.2. The molecule has 0 aromatic carbocycles. The van der Waals surface area contributed by atoms with E-state index in [-0.39, 0.29) is 6.03 Å². The number of nitrogens with zero attached hydrogens (tertiary/aromatic N) is 3. The molecule has 6 nitrogen and oxygen atoms in total. The Morgan fingerprint density at radius 1 is 1.35 bits per heavy atom. The molecule has 2 N–H and O–H groups in total. The number of piperidine rings is 1. The van der Waals surface area contributed by atoms with Crippen molar-refractivity contribution in [1.29, 1.82) is 0 Å². The molecular weight excluding hydrogens is 254 g/mol. The van der Waals surface area contributed by atoms with Crippen LogP contribution in [0.1, 0.15) is 12.8 Å². The molecule has 0 spiro atoms. The van der Waals surface area contributed by atoms with Gasteiger partial charge in [0.2, 0.25) is 5.95 Å². The van der Waals surface area contributed by atoms with Gasteiger partial charge in [-0.1, -0.05) is 6.08 Å². The van der Waals surface area contributed by atoms with E-state index in [9.17, 15) is 4.79 Å². The summed E-state index contributed by atoms with van der Waals surface area (Å²) in [5, 5.41) is 5.60. The minimum absolute atomic E-state index is 0.126. The molecule has 1 saturated heterocycles. The standard InChI is InChI=1S/C14H21N5O/c1-2-6-17-14(20)18-11-12-4-9-19(10-5-12)13-15-7-3-8-16-13/h2-3,7-8,12H,1,4-6,9-11H2,(H2,17,18,20). The first-order valence-corrected chi connectivity index (χ1v) is 6.94. The normalized spacial score (nSPS) is 15.7. The van der Waals surface area contributed by atoms with E-state index in [2.05, 4.69) is 32.1 Å². The smallest absolute Gasteiger partial charge is 0.315 e. The Morgan fingerprint density at radius 2 is 2.05 bits per heavy atom. The van der Waals surface area contributed by atoms with Crippen LogP contribution in [0.2, 0.25) is 0 Å². The van der Waals surface area contributed by atoms with Gasteiger partial charge in [-0.2, -0.15) is 0 Å². The monoisotopic (exact) mass is 275 g/mol. The second kappa shape index (κ2) is 7.47. The third-order valence-corrected chi connectivity index (χ3v) is 3.41. The lowest BCUT2D eigenvalue weighted by Gasteiger charge is -2.31. The second-order valence-corrected chi connectivity index (χ2v) is 4.86. The number of anilines is 1. The summed E-state index contributed by atoms with van der Waals surface area (Å²) < 4.78 is 0. The molecular formula is C14H21N5O. The van der Waals surface area contributed by atoms with Crippen LogP contribution in [0.15, 0.2) is 31.1 Å². The van der Waals surface area contributed by atoms with Gasteiger partial charge >= 0.3 is 6.03 Å². The fraction of sp³-hybridized carbons (Fsp3) is 0.500. The number of aromatic nitrogens is 2. The third kappa shape index (κ3) is 4.22. The van der Waals surface area contributed by atoms with Gasteiger partial charge in [0, 0.05) is 38.6 Å². The van der Waals surface area contributed by atoms with Crippen LogP contribution in [0.5, 0.6) is 0 Å². The zero-order chi connectivity index (χ0) is 14.2. The maximum absolute atomic E-state index is 11.4. The molecule has 0 atom stereocenters. The summed E-state index contributed by atoms with van der Waals surface area (Å²) >= 11 is 0. The minimum atomic E-state index is -0.126. The number of carbonyl (C=O) groups is 1. The van der Waals surface area contributed by atoms with Crippen LogP contribution in [0.4, 0.5) is 10.7 Å². The number of hydrogen-bond donors (Lipinski definition) is 2. The second-order valence-electron chi connectivity index (χ2n) is 4.86. The highest BCUT2D eigenvalue weighted by Crippen LogP contribution is 2.19. The van der Waals surface area contributed by atoms with Crippen molar-refractivity contribution in [2.24, 2.45) is 5.92 Å². The number of amides is 2. The van der Waals surface area contributed by atoms with E-state index in [0.29, 0.717) is 19.0 Å². The van der Waals surface area contributed by atoms with Crippen molar-refractivity contribution in [2.45, 2.75) is 12.8 Å². The van der Waals surface area contributed by atoms with Crippen LogP contribution in [0.25, 0.3) is 0 Å². The first-order chi connectivity index (χ1) is 9.79. The average Bonchev–Trinajstić information content (AvgIpc) is 2.52. The van der Waals surface area contributed by atoms with Crippen molar-refractivity contribution in [3.8, 4) is 0 Å². The summed E-state index contributed by atoms with van der Waals surface area (Å²) in [7, 11) is 0. The van der Waals surface area contributed by atoms with Crippen molar-refractivity contribution in [3.05, 3.63) is 31.1 Å². The van der Waals surface area contributed by atoms with E-state index in [4.69, 9.17) is 0 Å². The SMILES string of the molecule is C=CCNC(=O)NCC1CCN(c2ncccn2)CC1. The van der Waals surface area contributed by atoms with Gasteiger partial charge in [-0.15, -0.1) is 6.58 Å². The number of urea groups is 1. The van der Waals surface area contributed by atoms with E-state index < -0.39 is 0 Å². The van der Waals surface area contributed by atoms with E-state index >= 15 is 0 Å². The molecule has 0 unspecified atom stereocenters. The molecule has 20 heavy (non-hydrogen) atoms. The van der Waals surface area contributed by atoms with Crippen LogP contribution >= 0.6 is 0 Å². The third-order valence-electron chi connectivity index (χ3n) is 3.41. The Hall–Kier alpha value is -2.11. The molecule has 108 valence electrons. The van der Waals surface area contributed by atoms with Gasteiger partial charge in [0.25, 0.3) is 0 Å². The highest BCUT2D eigenvalue weighted by Gasteiger charge is 2.20. The summed E-state index contributed by atoms with van der Waals surface area (Å²) in [6, 6.07) is 1.70. The molecule has 2 heterocycles. The zero-order valence-electron chi connectivity index (χ0n) is 11.6. The Labute approximate surface area is 119 Å². The zero-order valence-corrected chi connectivity index (χ0v) is 11.6. The van der Waals surface area contributed by atoms with Crippen LogP contribution in [0, 0.1) is 5.92 Å². The van der Waals surface area contributed by atoms with Gasteiger partial charge < -0.3 is 15.5 Å². The number of carbonyl (C=O) groups excluding carboxylic acids is 1. The van der Waals surface area contributed by atoms with Crippen molar-refractivity contribution in [3.63, 3.8) is 0 Å². The first-order valence-electron chi connectivity index (χ1n) is 6.94. The molecule has 6 heteroatoms. The first kappa shape index (κ1) is 14.3. The van der Waals surface area contributed by atoms with Gasteiger partial charge in [-0.05, 0) is 24.8 Å². The molecule has 1 aliphatic heterocycles. The summed E-state index contributed by atoms with van der Waals surface area (Å²) in [6.45, 7) is 6.64. The Morgan fingerprint density at radius 3 is 2.70 bits per heavy atom. The molecule has 0 bridgehead atoms. The Kier molecular flexibility index (Phi) is 5.34. The van der Waals surface area contributed by atoms with Crippen LogP contribution in [-0.4, -0.2) is 42.2 Å². The lowest BCUT2D eigenvalue weighted by molar-refractivity contribution is 0.238. The highest BCUT2D eigenvalue weighted by molar-refractivity contribution is 5.73. The fourth-order valence-corrected chi connectivity index (χ4v) is 2.26. The van der Waals surface area contributed by atoms with E-state index in [1.54, 1.807) is 18.5 Å². The molecule has 1 aromatic rings. The largest absolute Gasteiger partial charge is 0.341 e. The molecule has 2 amide bonds. The molecule has 1 aromatic heterocycles. The van der Waals surface area contributed by atoms with E-state index in [0.717, 1.165) is 31.9 Å². The van der Waals surface area contributed by atoms with Gasteiger partial charge in [0.15, 0.2) is 0 Å². The Balaban J connectivity index is 1.69. The summed E-state index contributed by atoms with van der Waals surface area (Å²) in [4.78, 5) is 22.1. The van der Waals surface area contributed by atoms with Gasteiger partial charge in [-0.3, -0.25) is 0 Å². The summed E-state index contributed by atoms with van der Waals surface area (Å²) in [5.41, 5.74) is 0. The molecule has 1 aliphatic rings. The maximum atomic E-state index is 11.4. The lowest BCUT2D eigenvalue weighted by atomic mass is 9.97. The summed E-state index contributed by atoms with van der Waals surface area (Å²) in [6.07, 6.45) is 7.28. The quantitative estimate of drug-likeness (QED) is 0.792. The van der Waals surface area contributed by atoms with Crippen LogP contribution in [-0.2, 0) is 0 Å². The number of hydrogen-bond acceptors (Lipinski definition) is 4. The van der Waals surface area contributed by atoms with Crippen molar-refractivity contribution >= 4 is 12.0 Å². The average molecular weight is 275 g/mol. The molecule has 2 rings (SSSR count). The van der Waals surface area contributed by atoms with Crippen molar-refractivity contribution in [2.75, 3.05) is 31.1 Å². The molecule has 0 aliphatic carbocycles. The van der Waals surface area contributed by atoms with Gasteiger partial charge in [0.05, 0.1) is 0 Å². The lowest BCUT2D eigenvalue weighted by Crippen LogP contribution is -2.42. The Bertz CT molecular complexity index is 428. The van der Waals surface area contributed by atoms with E-state index in [1.807, 2.05) is 6.07 Å². The minimum Gasteiger partial charge on any atom is -0.341 e. The van der Waals surface area contributed by atoms with Crippen LogP contribution in [0.3, 0.4) is 0 Å². The molecule has 0 saturated carbocycles. The molecule has 1 fully saturated rings. The topological polar surface area (TPSA) is 70.2 Å². The number of nitrogens with one attached hydrogen (secondary N) is 2. The predicted octanol–water partition coefficient (Wildman–Crippen LogP) is 1.18. The van der Waals surface area contributed by atoms with Gasteiger partial charge in [0.1, 0.15) is 0 Å². The molecule has 0 radical (unpaired) electrons. The number of rotatable bonds is 5. The van der Waals surface area contributed by atoms with Gasteiger partial charge in [-0.25, -0.2) is 14.8 Å². The van der Waals surface area contributed by atoms with Crippen molar-refractivity contribution < 1.29 is 4.79 Å². The summed E-state index contributed by atoms with van der Waals surface area (Å²) in [5.74, 6) is 1.31. The fourth-order valence-electron chi connectivity index (χ4n) is 2.26. The maximum Gasteiger partial charge on any atom is 0.315 e. The van der Waals surface area contributed by atoms with Crippen molar-refractivity contribution in [1.82, 2.24) is 20.6 Å². The predicted molar refractivity (Wildman–Crippen MR) is 78.6 cm³/mol. The van der Waals surface area contributed by atoms with Crippen LogP contribution < -0.4 is 15.5 Å².